The number of nitrogens with one attached hydrogen (secondary N) is 1. The molecule has 23 heavy (non-hydrogen) atoms. The summed E-state index contributed by atoms with van der Waals surface area (Å²) in [6.45, 7) is 2.21. The number of hydrogen-bond acceptors (Lipinski definition) is 4. The molecule has 1 aliphatic rings. The number of carboxylic acids is 1. The summed E-state index contributed by atoms with van der Waals surface area (Å²) < 4.78 is 10.5. The van der Waals surface area contributed by atoms with Crippen LogP contribution in [0.3, 0.4) is 0 Å². The number of carbonyl (C=O) groups is 2. The molecule has 1 aromatic rings. The Labute approximate surface area is 135 Å². The molecule has 6 nitrogen and oxygen atoms in total. The van der Waals surface area contributed by atoms with Crippen molar-refractivity contribution in [3.8, 4) is 5.75 Å². The molecule has 0 spiro atoms. The van der Waals surface area contributed by atoms with E-state index in [9.17, 15) is 14.7 Å². The molecular formula is C17H23NO5. The molecule has 1 atom stereocenters. The molecule has 0 aliphatic heterocycles. The van der Waals surface area contributed by atoms with Gasteiger partial charge in [0.15, 0.2) is 0 Å². The first-order chi connectivity index (χ1) is 10.9. The minimum Gasteiger partial charge on any atom is -0.497 e. The average Bonchev–Trinajstić information content (AvgIpc) is 3.30. The van der Waals surface area contributed by atoms with E-state index in [1.165, 1.54) is 7.11 Å². The number of methoxy groups -OCH3 is 1. The van der Waals surface area contributed by atoms with Gasteiger partial charge in [0.1, 0.15) is 12.4 Å². The van der Waals surface area contributed by atoms with Crippen LogP contribution in [0.15, 0.2) is 24.3 Å². The van der Waals surface area contributed by atoms with E-state index in [0.29, 0.717) is 23.8 Å². The first-order valence-corrected chi connectivity index (χ1v) is 7.68. The molecule has 1 fully saturated rings. The van der Waals surface area contributed by atoms with Crippen molar-refractivity contribution in [3.05, 3.63) is 29.8 Å². The Morgan fingerprint density at radius 3 is 2.74 bits per heavy atom. The summed E-state index contributed by atoms with van der Waals surface area (Å²) in [5.41, 5.74) is -0.352. The van der Waals surface area contributed by atoms with Gasteiger partial charge in [0.05, 0.1) is 25.7 Å². The van der Waals surface area contributed by atoms with Crippen LogP contribution in [0.4, 0.5) is 0 Å². The van der Waals surface area contributed by atoms with Crippen LogP contribution in [-0.4, -0.2) is 37.3 Å². The summed E-state index contributed by atoms with van der Waals surface area (Å²) in [7, 11) is 1.54. The Balaban J connectivity index is 2.06. The van der Waals surface area contributed by atoms with Gasteiger partial charge in [0, 0.05) is 0 Å². The molecule has 2 rings (SSSR count). The quantitative estimate of drug-likeness (QED) is 0.726. The number of amides is 1. The Hall–Kier alpha value is -2.08. The van der Waals surface area contributed by atoms with Crippen molar-refractivity contribution in [2.45, 2.75) is 31.7 Å². The first-order valence-electron chi connectivity index (χ1n) is 7.68. The van der Waals surface area contributed by atoms with E-state index in [-0.39, 0.29) is 18.9 Å². The van der Waals surface area contributed by atoms with Crippen LogP contribution in [0.1, 0.15) is 31.7 Å². The van der Waals surface area contributed by atoms with Crippen molar-refractivity contribution in [2.75, 3.05) is 20.3 Å². The van der Waals surface area contributed by atoms with E-state index in [1.54, 1.807) is 31.2 Å². The third-order valence-corrected chi connectivity index (χ3v) is 3.91. The molecule has 0 heterocycles. The second-order valence-corrected chi connectivity index (χ2v) is 6.14. The van der Waals surface area contributed by atoms with Gasteiger partial charge in [-0.3, -0.25) is 9.59 Å². The topological polar surface area (TPSA) is 84.9 Å². The Morgan fingerprint density at radius 2 is 2.13 bits per heavy atom. The van der Waals surface area contributed by atoms with Crippen LogP contribution < -0.4 is 10.1 Å². The van der Waals surface area contributed by atoms with E-state index in [1.807, 2.05) is 0 Å². The maximum absolute atomic E-state index is 12.1. The van der Waals surface area contributed by atoms with Crippen LogP contribution in [0.2, 0.25) is 0 Å². The molecule has 2 N–H and O–H groups in total. The highest BCUT2D eigenvalue weighted by molar-refractivity contribution is 5.79. The Bertz CT molecular complexity index is 570. The largest absolute Gasteiger partial charge is 0.497 e. The minimum atomic E-state index is -1.03. The smallest absolute Gasteiger partial charge is 0.306 e. The third kappa shape index (κ3) is 5.25. The number of aliphatic carboxylic acids is 1. The lowest BCUT2D eigenvalue weighted by Crippen LogP contribution is -2.46. The third-order valence-electron chi connectivity index (χ3n) is 3.91. The zero-order valence-electron chi connectivity index (χ0n) is 13.5. The van der Waals surface area contributed by atoms with E-state index in [4.69, 9.17) is 9.47 Å². The van der Waals surface area contributed by atoms with E-state index in [0.717, 1.165) is 12.8 Å². The fraction of sp³-hybridized carbons (Fsp3) is 0.529. The van der Waals surface area contributed by atoms with Gasteiger partial charge in [-0.1, -0.05) is 12.1 Å². The fourth-order valence-corrected chi connectivity index (χ4v) is 2.43. The van der Waals surface area contributed by atoms with E-state index in [2.05, 4.69) is 5.32 Å². The zero-order chi connectivity index (χ0) is 16.9. The molecule has 0 aromatic heterocycles. The number of benzene rings is 1. The first kappa shape index (κ1) is 17.3. The van der Waals surface area contributed by atoms with Gasteiger partial charge in [0.25, 0.3) is 0 Å². The van der Waals surface area contributed by atoms with E-state index >= 15 is 0 Å². The van der Waals surface area contributed by atoms with E-state index < -0.39 is 11.5 Å². The van der Waals surface area contributed by atoms with Crippen LogP contribution in [-0.2, 0) is 19.9 Å². The maximum Gasteiger partial charge on any atom is 0.306 e. The molecule has 1 aliphatic carbocycles. The number of ether oxygens (including phenoxy) is 2. The van der Waals surface area contributed by atoms with Crippen LogP contribution in [0.5, 0.6) is 5.75 Å². The summed E-state index contributed by atoms with van der Waals surface area (Å²) in [4.78, 5) is 23.3. The van der Waals surface area contributed by atoms with Gasteiger partial charge >= 0.3 is 5.97 Å². The SMILES string of the molecule is COc1cccc(C(C)(CC(=O)O)NC(=O)COCC2CC2)c1. The van der Waals surface area contributed by atoms with Crippen molar-refractivity contribution in [1.82, 2.24) is 5.32 Å². The molecule has 1 unspecified atom stereocenters. The number of carboxylic acid groups (broad SMARTS) is 1. The van der Waals surface area contributed by atoms with Crippen molar-refractivity contribution in [3.63, 3.8) is 0 Å². The molecule has 0 saturated heterocycles. The highest BCUT2D eigenvalue weighted by Gasteiger charge is 2.32. The molecule has 6 heteroatoms. The number of carbonyl (C=O) groups excluding carboxylic acids is 1. The number of hydrogen-bond donors (Lipinski definition) is 2. The van der Waals surface area contributed by atoms with Crippen molar-refractivity contribution in [2.24, 2.45) is 5.92 Å². The highest BCUT2D eigenvalue weighted by atomic mass is 16.5. The lowest BCUT2D eigenvalue weighted by Gasteiger charge is -2.30. The summed E-state index contributed by atoms with van der Waals surface area (Å²) in [5.74, 6) is -0.128. The summed E-state index contributed by atoms with van der Waals surface area (Å²) >= 11 is 0. The minimum absolute atomic E-state index is 0.0598. The standard InChI is InChI=1S/C17H23NO5/c1-17(9-16(20)21,13-4-3-5-14(8-13)22-2)18-15(19)11-23-10-12-6-7-12/h3-5,8,12H,6-7,9-11H2,1-2H3,(H,18,19)(H,20,21). The molecule has 1 amide bonds. The lowest BCUT2D eigenvalue weighted by atomic mass is 9.88. The van der Waals surface area contributed by atoms with Gasteiger partial charge in [-0.05, 0) is 43.4 Å². The predicted octanol–water partition coefficient (Wildman–Crippen LogP) is 1.93. The monoisotopic (exact) mass is 321 g/mol. The maximum atomic E-state index is 12.1. The molecule has 126 valence electrons. The second-order valence-electron chi connectivity index (χ2n) is 6.14. The van der Waals surface area contributed by atoms with Crippen LogP contribution in [0.25, 0.3) is 0 Å². The second kappa shape index (κ2) is 7.46. The van der Waals surface area contributed by atoms with Gasteiger partial charge in [-0.15, -0.1) is 0 Å². The lowest BCUT2D eigenvalue weighted by molar-refractivity contribution is -0.139. The summed E-state index contributed by atoms with van der Waals surface area (Å²) in [6, 6.07) is 7.04. The fourth-order valence-electron chi connectivity index (χ4n) is 2.43. The van der Waals surface area contributed by atoms with Crippen molar-refractivity contribution in [1.29, 1.82) is 0 Å². The van der Waals surface area contributed by atoms with Gasteiger partial charge in [-0.25, -0.2) is 0 Å². The Kier molecular flexibility index (Phi) is 5.60. The van der Waals surface area contributed by atoms with Gasteiger partial charge in [0.2, 0.25) is 5.91 Å². The predicted molar refractivity (Wildman–Crippen MR) is 84.3 cm³/mol. The zero-order valence-corrected chi connectivity index (χ0v) is 13.5. The summed E-state index contributed by atoms with van der Waals surface area (Å²) in [6.07, 6.45) is 2.08. The molecule has 0 bridgehead atoms. The van der Waals surface area contributed by atoms with Gasteiger partial charge in [-0.2, -0.15) is 0 Å². The molecular weight excluding hydrogens is 298 g/mol. The molecule has 1 aromatic carbocycles. The highest BCUT2D eigenvalue weighted by Crippen LogP contribution is 2.29. The average molecular weight is 321 g/mol. The molecule has 0 radical (unpaired) electrons. The summed E-state index contributed by atoms with van der Waals surface area (Å²) in [5, 5.41) is 12.0. The normalized spacial score (nSPS) is 16.4. The van der Waals surface area contributed by atoms with Gasteiger partial charge < -0.3 is 19.9 Å². The van der Waals surface area contributed by atoms with Crippen molar-refractivity contribution >= 4 is 11.9 Å². The molecule has 1 saturated carbocycles. The van der Waals surface area contributed by atoms with Crippen LogP contribution >= 0.6 is 0 Å². The number of rotatable bonds is 9. The Morgan fingerprint density at radius 1 is 1.39 bits per heavy atom. The van der Waals surface area contributed by atoms with Crippen molar-refractivity contribution < 1.29 is 24.2 Å². The van der Waals surface area contributed by atoms with Crippen LogP contribution in [0, 0.1) is 5.92 Å².